The van der Waals surface area contributed by atoms with E-state index in [0.717, 1.165) is 0 Å². The summed E-state index contributed by atoms with van der Waals surface area (Å²) >= 11 is 0. The number of aryl methyl sites for hydroxylation is 4. The third-order valence-electron chi connectivity index (χ3n) is 9.45. The number of nitrogens with zero attached hydrogens (tertiary/aromatic N) is 6. The van der Waals surface area contributed by atoms with Gasteiger partial charge < -0.3 is 49.4 Å². The molecule has 62 heavy (non-hydrogen) atoms. The molecule has 0 saturated heterocycles. The van der Waals surface area contributed by atoms with Crippen molar-refractivity contribution in [3.05, 3.63) is 82.2 Å². The Bertz CT molecular complexity index is 2720. The first kappa shape index (κ1) is 44.0. The largest absolute Gasteiger partial charge is 0.494 e. The molecule has 0 aliphatic carbocycles. The molecule has 1 atom stereocenters. The number of methoxy groups -OCH3 is 1. The Morgan fingerprint density at radius 3 is 1.65 bits per heavy atom. The van der Waals surface area contributed by atoms with E-state index in [0.29, 0.717) is 52.6 Å². The van der Waals surface area contributed by atoms with Crippen LogP contribution in [-0.2, 0) is 35.5 Å². The summed E-state index contributed by atoms with van der Waals surface area (Å²) in [6, 6.07) is 5.11. The molecule has 0 spiro atoms. The maximum absolute atomic E-state index is 13.7. The van der Waals surface area contributed by atoms with Crippen LogP contribution in [0.25, 0.3) is 22.1 Å². The zero-order chi connectivity index (χ0) is 44.8. The molecule has 326 valence electrons. The fraction of sp³-hybridized carbons (Fsp3) is 0.341. The van der Waals surface area contributed by atoms with Gasteiger partial charge in [0.25, 0.3) is 11.8 Å². The Hall–Kier alpha value is -7.55. The van der Waals surface area contributed by atoms with Gasteiger partial charge in [0.05, 0.1) is 42.7 Å². The molecule has 21 nitrogen and oxygen atoms in total. The number of rotatable bonds is 19. The summed E-state index contributed by atoms with van der Waals surface area (Å²) < 4.78 is 31.6. The van der Waals surface area contributed by atoms with Crippen molar-refractivity contribution in [2.24, 2.45) is 17.2 Å². The Balaban J connectivity index is 1.39. The predicted molar refractivity (Wildman–Crippen MR) is 224 cm³/mol. The number of primary amides is 2. The van der Waals surface area contributed by atoms with Gasteiger partial charge in [-0.25, -0.2) is 19.9 Å². The molecule has 21 heteroatoms. The van der Waals surface area contributed by atoms with Crippen molar-refractivity contribution in [1.29, 1.82) is 0 Å². The number of esters is 1. The molecule has 6 rings (SSSR count). The highest BCUT2D eigenvalue weighted by molar-refractivity contribution is 6.05. The molecule has 0 unspecified atom stereocenters. The van der Waals surface area contributed by atoms with E-state index in [4.69, 9.17) is 40.2 Å². The highest BCUT2D eigenvalue weighted by Gasteiger charge is 2.25. The first-order valence-corrected chi connectivity index (χ1v) is 19.6. The van der Waals surface area contributed by atoms with E-state index in [1.807, 2.05) is 13.8 Å². The maximum atomic E-state index is 13.7. The number of amides is 4. The van der Waals surface area contributed by atoms with E-state index in [1.165, 1.54) is 38.3 Å². The predicted octanol–water partition coefficient (Wildman–Crippen LogP) is 3.73. The van der Waals surface area contributed by atoms with Gasteiger partial charge in [-0.15, -0.1) is 0 Å². The molecule has 8 N–H and O–H groups in total. The molecule has 0 fully saturated rings. The number of benzene rings is 2. The van der Waals surface area contributed by atoms with Crippen LogP contribution in [0.3, 0.4) is 0 Å². The van der Waals surface area contributed by atoms with Crippen LogP contribution < -0.4 is 37.3 Å². The van der Waals surface area contributed by atoms with Crippen molar-refractivity contribution >= 4 is 63.6 Å². The van der Waals surface area contributed by atoms with E-state index in [-0.39, 0.29) is 84.3 Å². The van der Waals surface area contributed by atoms with Gasteiger partial charge in [-0.3, -0.25) is 34.6 Å². The Morgan fingerprint density at radius 1 is 0.742 bits per heavy atom. The summed E-state index contributed by atoms with van der Waals surface area (Å²) in [5.74, 6) is -1.91. The normalized spacial score (nSPS) is 11.9. The van der Waals surface area contributed by atoms with Gasteiger partial charge >= 0.3 is 5.97 Å². The number of anilines is 2. The molecule has 6 aromatic rings. The lowest BCUT2D eigenvalue weighted by Gasteiger charge is -2.13. The molecule has 4 heterocycles. The van der Waals surface area contributed by atoms with Gasteiger partial charge in [-0.2, -0.15) is 0 Å². The zero-order valence-electron chi connectivity index (χ0n) is 35.0. The summed E-state index contributed by atoms with van der Waals surface area (Å²) in [4.78, 5) is 81.7. The second-order valence-electron chi connectivity index (χ2n) is 14.0. The lowest BCUT2D eigenvalue weighted by Crippen LogP contribution is -2.29. The van der Waals surface area contributed by atoms with Crippen molar-refractivity contribution in [2.75, 3.05) is 31.0 Å². The van der Waals surface area contributed by atoms with Crippen LogP contribution in [0, 0.1) is 13.8 Å². The molecule has 0 bridgehead atoms. The second-order valence-corrected chi connectivity index (χ2v) is 14.0. The van der Waals surface area contributed by atoms with Gasteiger partial charge in [-0.05, 0) is 44.0 Å². The number of hydrogen-bond acceptors (Lipinski definition) is 15. The van der Waals surface area contributed by atoms with Crippen LogP contribution in [0.15, 0.2) is 45.3 Å². The fourth-order valence-electron chi connectivity index (χ4n) is 6.55. The van der Waals surface area contributed by atoms with Crippen molar-refractivity contribution < 1.29 is 47.0 Å². The zero-order valence-corrected chi connectivity index (χ0v) is 35.0. The summed E-state index contributed by atoms with van der Waals surface area (Å²) in [6.07, 6.45) is 4.68. The Kier molecular flexibility index (Phi) is 13.3. The minimum atomic E-state index is -0.791. The summed E-state index contributed by atoms with van der Waals surface area (Å²) in [5, 5.41) is 5.63. The van der Waals surface area contributed by atoms with Crippen molar-refractivity contribution in [3.8, 4) is 11.5 Å². The molecular weight excluding hydrogens is 807 g/mol. The third kappa shape index (κ3) is 9.41. The number of hydrogen-bond donors (Lipinski definition) is 5. The van der Waals surface area contributed by atoms with Crippen molar-refractivity contribution in [2.45, 2.75) is 73.0 Å². The minimum Gasteiger partial charge on any atom is -0.494 e. The minimum absolute atomic E-state index is 0.0105. The van der Waals surface area contributed by atoms with Gasteiger partial charge in [-0.1, -0.05) is 26.0 Å². The van der Waals surface area contributed by atoms with Gasteiger partial charge in [0.15, 0.2) is 11.8 Å². The number of imidazole rings is 2. The molecular formula is C41H47N11O10. The number of carbonyl (C=O) groups excluding carboxylic acids is 5. The third-order valence-corrected chi connectivity index (χ3v) is 9.45. The molecule has 2 aromatic carbocycles. The van der Waals surface area contributed by atoms with Crippen LogP contribution >= 0.6 is 0 Å². The number of nitrogens with one attached hydrogen (secondary N) is 2. The lowest BCUT2D eigenvalue weighted by molar-refractivity contribution is -0.145. The Labute approximate surface area is 354 Å². The lowest BCUT2D eigenvalue weighted by atomic mass is 10.1. The van der Waals surface area contributed by atoms with Gasteiger partial charge in [0.2, 0.25) is 35.2 Å². The maximum Gasteiger partial charge on any atom is 0.322 e. The van der Waals surface area contributed by atoms with E-state index in [9.17, 15) is 24.0 Å². The molecule has 0 saturated carbocycles. The molecule has 0 aliphatic heterocycles. The fourth-order valence-corrected chi connectivity index (χ4v) is 6.55. The Morgan fingerprint density at radius 2 is 1.21 bits per heavy atom. The SMILES string of the molecule is CCc1nc(C)oc1C(=O)Nc1nc2cc(C(N)=O)cc(OC)c2n1C/C=C/Cn1c(NC(=O)c2oc(C)nc2CC)nc2cc(C(N)=O)cc(OCCCOC(=O)[C@@H](C)N)c21. The average Bonchev–Trinajstić information content (AvgIpc) is 4.00. The number of oxazole rings is 2. The van der Waals surface area contributed by atoms with E-state index in [2.05, 4.69) is 30.6 Å². The topological polar surface area (TPSA) is 303 Å². The first-order valence-electron chi connectivity index (χ1n) is 19.6. The molecule has 4 amide bonds. The number of aromatic nitrogens is 6. The highest BCUT2D eigenvalue weighted by atomic mass is 16.5. The van der Waals surface area contributed by atoms with Gasteiger partial charge in [0.1, 0.15) is 28.6 Å². The van der Waals surface area contributed by atoms with Crippen molar-refractivity contribution in [1.82, 2.24) is 29.1 Å². The van der Waals surface area contributed by atoms with Crippen LogP contribution in [0.5, 0.6) is 11.5 Å². The average molecular weight is 854 g/mol. The van der Waals surface area contributed by atoms with E-state index < -0.39 is 35.6 Å². The standard InChI is InChI=1S/C41H47N11O10/c1-7-25-33(61-21(4)45-25)37(55)49-40-47-27-16-23(35(43)53)18-29(58-6)31(27)51(40)12-9-10-13-52-32-28(48-41(52)50-38(56)34-26(8-2)46-22(5)62-34)17-24(36(44)54)19-30(32)59-14-11-15-60-39(57)20(3)42/h9-10,16-20H,7-8,11-15,42H2,1-6H3,(H2,43,53)(H2,44,54)(H,47,49,55)(H,48,50,56)/b10-9+/t20-/m1/s1. The summed E-state index contributed by atoms with van der Waals surface area (Å²) in [5.41, 5.74) is 19.5. The second kappa shape index (κ2) is 18.8. The number of ether oxygens (including phenoxy) is 3. The molecule has 4 aromatic heterocycles. The molecule has 0 aliphatic rings. The first-order chi connectivity index (χ1) is 29.6. The highest BCUT2D eigenvalue weighted by Crippen LogP contribution is 2.33. The smallest absolute Gasteiger partial charge is 0.322 e. The molecule has 0 radical (unpaired) electrons. The van der Waals surface area contributed by atoms with Crippen LogP contribution in [0.2, 0.25) is 0 Å². The van der Waals surface area contributed by atoms with E-state index >= 15 is 0 Å². The van der Waals surface area contributed by atoms with Crippen molar-refractivity contribution in [3.63, 3.8) is 0 Å². The quantitative estimate of drug-likeness (QED) is 0.0440. The van der Waals surface area contributed by atoms with E-state index in [1.54, 1.807) is 35.1 Å². The van der Waals surface area contributed by atoms with Crippen LogP contribution in [0.1, 0.15) is 92.2 Å². The summed E-state index contributed by atoms with van der Waals surface area (Å²) in [7, 11) is 1.43. The monoisotopic (exact) mass is 853 g/mol. The number of nitrogens with two attached hydrogens (primary N) is 3. The summed E-state index contributed by atoms with van der Waals surface area (Å²) in [6.45, 7) is 8.70. The number of allylic oxidation sites excluding steroid dienone is 2. The van der Waals surface area contributed by atoms with Crippen LogP contribution in [0.4, 0.5) is 11.9 Å². The van der Waals surface area contributed by atoms with Crippen LogP contribution in [-0.4, -0.2) is 85.0 Å². The van der Waals surface area contributed by atoms with Gasteiger partial charge in [0, 0.05) is 44.5 Å². The number of fused-ring (bicyclic) bond motifs is 2. The number of carbonyl (C=O) groups is 5.